The first-order valence-corrected chi connectivity index (χ1v) is 10.3. The van der Waals surface area contributed by atoms with Crippen molar-refractivity contribution in [3.63, 3.8) is 0 Å². The average molecular weight is 405 g/mol. The predicted octanol–water partition coefficient (Wildman–Crippen LogP) is 4.74. The number of ether oxygens (including phenoxy) is 2. The van der Waals surface area contributed by atoms with Crippen molar-refractivity contribution in [1.82, 2.24) is 4.90 Å². The van der Waals surface area contributed by atoms with Gasteiger partial charge in [0.15, 0.2) is 11.5 Å². The van der Waals surface area contributed by atoms with Gasteiger partial charge in [-0.1, -0.05) is 54.6 Å². The molecular formula is C25H27NO4. The standard InChI is InChI=1S/C25H27NO4/c1-29-22-14-6-13-21(24(22)30-2)23(26-15-7-10-18(16-26)25(27)28)20-12-5-9-17-8-3-4-11-19(17)20/h3-6,8-9,11-14,18,23H,7,10,15-16H2,1-2H3,(H,27,28). The van der Waals surface area contributed by atoms with Gasteiger partial charge in [0, 0.05) is 12.1 Å². The van der Waals surface area contributed by atoms with Gasteiger partial charge in [-0.3, -0.25) is 9.69 Å². The zero-order valence-electron chi connectivity index (χ0n) is 17.4. The number of carboxylic acids is 1. The molecule has 0 spiro atoms. The minimum Gasteiger partial charge on any atom is -0.493 e. The van der Waals surface area contributed by atoms with Crippen molar-refractivity contribution >= 4 is 16.7 Å². The molecule has 0 radical (unpaired) electrons. The normalized spacial score (nSPS) is 18.1. The minimum atomic E-state index is -0.728. The molecule has 1 aliphatic rings. The lowest BCUT2D eigenvalue weighted by molar-refractivity contribution is -0.143. The van der Waals surface area contributed by atoms with Crippen LogP contribution in [0.4, 0.5) is 0 Å². The quantitative estimate of drug-likeness (QED) is 0.642. The van der Waals surface area contributed by atoms with Gasteiger partial charge in [-0.05, 0) is 41.8 Å². The van der Waals surface area contributed by atoms with Crippen molar-refractivity contribution in [3.8, 4) is 11.5 Å². The van der Waals surface area contributed by atoms with Crippen LogP contribution in [0.3, 0.4) is 0 Å². The zero-order chi connectivity index (χ0) is 21.1. The number of fused-ring (bicyclic) bond motifs is 1. The van der Waals surface area contributed by atoms with E-state index >= 15 is 0 Å². The van der Waals surface area contributed by atoms with Crippen molar-refractivity contribution in [1.29, 1.82) is 0 Å². The highest BCUT2D eigenvalue weighted by molar-refractivity contribution is 5.86. The Bertz CT molecular complexity index is 1040. The second-order valence-electron chi connectivity index (χ2n) is 7.73. The van der Waals surface area contributed by atoms with E-state index in [2.05, 4.69) is 41.3 Å². The fraction of sp³-hybridized carbons (Fsp3) is 0.320. The number of benzene rings is 3. The van der Waals surface area contributed by atoms with Crippen molar-refractivity contribution < 1.29 is 19.4 Å². The van der Waals surface area contributed by atoms with E-state index in [4.69, 9.17) is 9.47 Å². The molecule has 1 aliphatic heterocycles. The Morgan fingerprint density at radius 1 is 1.00 bits per heavy atom. The monoisotopic (exact) mass is 405 g/mol. The summed E-state index contributed by atoms with van der Waals surface area (Å²) in [5.41, 5.74) is 2.13. The molecule has 0 aliphatic carbocycles. The second kappa shape index (κ2) is 8.76. The third kappa shape index (κ3) is 3.73. The summed E-state index contributed by atoms with van der Waals surface area (Å²) in [7, 11) is 3.29. The Morgan fingerprint density at radius 2 is 1.73 bits per heavy atom. The molecule has 0 bridgehead atoms. The van der Waals surface area contributed by atoms with Crippen LogP contribution < -0.4 is 9.47 Å². The molecule has 1 N–H and O–H groups in total. The summed E-state index contributed by atoms with van der Waals surface area (Å²) in [5, 5.41) is 12.0. The summed E-state index contributed by atoms with van der Waals surface area (Å²) in [4.78, 5) is 14.0. The summed E-state index contributed by atoms with van der Waals surface area (Å²) >= 11 is 0. The number of para-hydroxylation sites is 1. The molecule has 0 aromatic heterocycles. The van der Waals surface area contributed by atoms with Crippen LogP contribution in [0.25, 0.3) is 10.8 Å². The molecule has 4 rings (SSSR count). The lowest BCUT2D eigenvalue weighted by Gasteiger charge is -2.38. The van der Waals surface area contributed by atoms with Crippen LogP contribution in [0.2, 0.25) is 0 Å². The highest BCUT2D eigenvalue weighted by Crippen LogP contribution is 2.43. The summed E-state index contributed by atoms with van der Waals surface area (Å²) in [6.45, 7) is 1.33. The topological polar surface area (TPSA) is 59.0 Å². The number of likely N-dealkylation sites (tertiary alicyclic amines) is 1. The van der Waals surface area contributed by atoms with Gasteiger partial charge in [-0.25, -0.2) is 0 Å². The maximum absolute atomic E-state index is 11.8. The van der Waals surface area contributed by atoms with Gasteiger partial charge >= 0.3 is 5.97 Å². The van der Waals surface area contributed by atoms with Gasteiger partial charge in [-0.15, -0.1) is 0 Å². The third-order valence-corrected chi connectivity index (χ3v) is 6.01. The Balaban J connectivity index is 1.91. The molecule has 30 heavy (non-hydrogen) atoms. The van der Waals surface area contributed by atoms with E-state index in [-0.39, 0.29) is 12.0 Å². The summed E-state index contributed by atoms with van der Waals surface area (Å²) in [6, 6.07) is 20.4. The summed E-state index contributed by atoms with van der Waals surface area (Å²) < 4.78 is 11.3. The lowest BCUT2D eigenvalue weighted by Crippen LogP contribution is -2.41. The van der Waals surface area contributed by atoms with Crippen LogP contribution >= 0.6 is 0 Å². The van der Waals surface area contributed by atoms with Gasteiger partial charge in [0.25, 0.3) is 0 Å². The Kier molecular flexibility index (Phi) is 5.91. The Morgan fingerprint density at radius 3 is 2.50 bits per heavy atom. The molecule has 5 nitrogen and oxygen atoms in total. The molecule has 5 heteroatoms. The number of hydrogen-bond acceptors (Lipinski definition) is 4. The largest absolute Gasteiger partial charge is 0.493 e. The van der Waals surface area contributed by atoms with E-state index in [1.807, 2.05) is 24.3 Å². The highest BCUT2D eigenvalue weighted by atomic mass is 16.5. The number of aliphatic carboxylic acids is 1. The number of carboxylic acid groups (broad SMARTS) is 1. The van der Waals surface area contributed by atoms with E-state index in [1.165, 1.54) is 0 Å². The van der Waals surface area contributed by atoms with Crippen LogP contribution in [-0.4, -0.2) is 43.3 Å². The molecule has 2 unspecified atom stereocenters. The highest BCUT2D eigenvalue weighted by Gasteiger charge is 2.33. The van der Waals surface area contributed by atoms with E-state index in [0.717, 1.165) is 34.9 Å². The van der Waals surface area contributed by atoms with Crippen LogP contribution in [0.5, 0.6) is 11.5 Å². The third-order valence-electron chi connectivity index (χ3n) is 6.01. The molecule has 1 saturated heterocycles. The SMILES string of the molecule is COc1cccc(C(c2cccc3ccccc23)N2CCCC(C(=O)O)C2)c1OC. The van der Waals surface area contributed by atoms with Crippen LogP contribution in [0, 0.1) is 5.92 Å². The van der Waals surface area contributed by atoms with E-state index in [1.54, 1.807) is 14.2 Å². The molecule has 3 aromatic carbocycles. The number of piperidine rings is 1. The van der Waals surface area contributed by atoms with Crippen molar-refractivity contribution in [2.24, 2.45) is 5.92 Å². The van der Waals surface area contributed by atoms with Gasteiger partial charge in [0.2, 0.25) is 0 Å². The van der Waals surface area contributed by atoms with E-state index < -0.39 is 5.97 Å². The molecule has 1 fully saturated rings. The molecular weight excluding hydrogens is 378 g/mol. The molecule has 0 saturated carbocycles. The molecule has 156 valence electrons. The van der Waals surface area contributed by atoms with Crippen molar-refractivity contribution in [2.45, 2.75) is 18.9 Å². The molecule has 2 atom stereocenters. The van der Waals surface area contributed by atoms with E-state index in [0.29, 0.717) is 24.5 Å². The molecule has 0 amide bonds. The first-order valence-electron chi connectivity index (χ1n) is 10.3. The van der Waals surface area contributed by atoms with Gasteiger partial charge in [0.05, 0.1) is 26.2 Å². The summed E-state index contributed by atoms with van der Waals surface area (Å²) in [6.07, 6.45) is 1.56. The molecule has 3 aromatic rings. The number of rotatable bonds is 6. The maximum Gasteiger partial charge on any atom is 0.307 e. The zero-order valence-corrected chi connectivity index (χ0v) is 17.4. The Labute approximate surface area is 176 Å². The Hall–Kier alpha value is -3.05. The van der Waals surface area contributed by atoms with Crippen molar-refractivity contribution in [2.75, 3.05) is 27.3 Å². The first-order chi connectivity index (χ1) is 14.6. The minimum absolute atomic E-state index is 0.136. The van der Waals surface area contributed by atoms with Gasteiger partial charge in [0.1, 0.15) is 0 Å². The van der Waals surface area contributed by atoms with Gasteiger partial charge in [-0.2, -0.15) is 0 Å². The lowest BCUT2D eigenvalue weighted by atomic mass is 9.88. The second-order valence-corrected chi connectivity index (χ2v) is 7.73. The summed E-state index contributed by atoms with van der Waals surface area (Å²) in [5.74, 6) is 0.268. The first kappa shape index (κ1) is 20.2. The van der Waals surface area contributed by atoms with Crippen LogP contribution in [0.15, 0.2) is 60.7 Å². The van der Waals surface area contributed by atoms with Crippen LogP contribution in [-0.2, 0) is 4.79 Å². The number of nitrogens with zero attached hydrogens (tertiary/aromatic N) is 1. The fourth-order valence-electron chi connectivity index (χ4n) is 4.62. The van der Waals surface area contributed by atoms with Crippen molar-refractivity contribution in [3.05, 3.63) is 71.8 Å². The molecule has 1 heterocycles. The fourth-order valence-corrected chi connectivity index (χ4v) is 4.62. The number of methoxy groups -OCH3 is 2. The van der Waals surface area contributed by atoms with E-state index in [9.17, 15) is 9.90 Å². The van der Waals surface area contributed by atoms with Crippen LogP contribution in [0.1, 0.15) is 30.0 Å². The number of hydrogen-bond donors (Lipinski definition) is 1. The average Bonchev–Trinajstić information content (AvgIpc) is 2.79. The number of carbonyl (C=O) groups is 1. The predicted molar refractivity (Wildman–Crippen MR) is 117 cm³/mol. The maximum atomic E-state index is 11.8. The van der Waals surface area contributed by atoms with Gasteiger partial charge < -0.3 is 14.6 Å². The smallest absolute Gasteiger partial charge is 0.307 e.